The molecule has 1 aliphatic heterocycles. The van der Waals surface area contributed by atoms with E-state index in [4.69, 9.17) is 9.47 Å². The van der Waals surface area contributed by atoms with Crippen LogP contribution in [0.5, 0.6) is 11.5 Å². The molecular weight excluding hydrogens is 314 g/mol. The molecule has 1 aromatic heterocycles. The van der Waals surface area contributed by atoms with Crippen LogP contribution in [0.15, 0.2) is 24.3 Å². The van der Waals surface area contributed by atoms with Crippen LogP contribution < -0.4 is 9.47 Å². The summed E-state index contributed by atoms with van der Waals surface area (Å²) in [5.41, 5.74) is 2.11. The smallest absolute Gasteiger partial charge is 0.247 e. The van der Waals surface area contributed by atoms with Gasteiger partial charge in [-0.15, -0.1) is 0 Å². The van der Waals surface area contributed by atoms with Crippen LogP contribution in [-0.4, -0.2) is 33.9 Å². The molecule has 0 fully saturated rings. The van der Waals surface area contributed by atoms with Crippen molar-refractivity contribution >= 4 is 5.91 Å². The van der Waals surface area contributed by atoms with Crippen molar-refractivity contribution in [3.05, 3.63) is 51.3 Å². The molecule has 0 N–H and O–H groups in total. The third-order valence-electron chi connectivity index (χ3n) is 3.90. The normalized spacial score (nSPS) is 13.8. The second kappa shape index (κ2) is 6.31. The Kier molecular flexibility index (Phi) is 4.20. The molecule has 0 radical (unpaired) electrons. The van der Waals surface area contributed by atoms with E-state index in [-0.39, 0.29) is 25.7 Å². The molecule has 1 aromatic carbocycles. The number of ether oxygens (including phenoxy) is 2. The highest BCUT2D eigenvalue weighted by atomic mass is 16.7. The highest BCUT2D eigenvalue weighted by Gasteiger charge is 2.25. The summed E-state index contributed by atoms with van der Waals surface area (Å²) in [6.07, 6.45) is -0.0113. The molecule has 1 aliphatic rings. The van der Waals surface area contributed by atoms with Gasteiger partial charge in [-0.1, -0.05) is 6.07 Å². The van der Waals surface area contributed by atoms with E-state index >= 15 is 0 Å². The molecule has 1 atom stereocenters. The minimum absolute atomic E-state index is 0.0113. The van der Waals surface area contributed by atoms with E-state index < -0.39 is 10.8 Å². The Hall–Kier alpha value is -2.90. The topological polar surface area (TPSA) is 96.5 Å². The standard InChI is InChI=1S/C16H17N3O5/c1-10-5-11(2)19(17-10)16(20)7-13(8-18(21)22)12-3-4-14-15(6-12)24-9-23-14/h3-6,13H,7-9H2,1-2H3. The van der Waals surface area contributed by atoms with Gasteiger partial charge in [0.15, 0.2) is 11.5 Å². The summed E-state index contributed by atoms with van der Waals surface area (Å²) in [5.74, 6) is 0.305. The van der Waals surface area contributed by atoms with Crippen molar-refractivity contribution in [1.82, 2.24) is 9.78 Å². The fourth-order valence-corrected chi connectivity index (χ4v) is 2.81. The fourth-order valence-electron chi connectivity index (χ4n) is 2.81. The van der Waals surface area contributed by atoms with Crippen molar-refractivity contribution in [1.29, 1.82) is 0 Å². The summed E-state index contributed by atoms with van der Waals surface area (Å²) in [4.78, 5) is 23.1. The number of nitrogens with zero attached hydrogens (tertiary/aromatic N) is 3. The Labute approximate surface area is 138 Å². The molecule has 0 aliphatic carbocycles. The number of rotatable bonds is 5. The Morgan fingerprint density at radius 1 is 1.33 bits per heavy atom. The van der Waals surface area contributed by atoms with Crippen LogP contribution in [0.4, 0.5) is 0 Å². The highest BCUT2D eigenvalue weighted by molar-refractivity contribution is 5.79. The number of aryl methyl sites for hydroxylation is 2. The summed E-state index contributed by atoms with van der Waals surface area (Å²) >= 11 is 0. The number of hydrogen-bond acceptors (Lipinski definition) is 6. The van der Waals surface area contributed by atoms with Gasteiger partial charge in [0, 0.05) is 17.0 Å². The molecule has 2 aromatic rings. The lowest BCUT2D eigenvalue weighted by Crippen LogP contribution is -2.21. The van der Waals surface area contributed by atoms with Gasteiger partial charge in [0.05, 0.1) is 11.6 Å². The van der Waals surface area contributed by atoms with Gasteiger partial charge in [-0.25, -0.2) is 4.68 Å². The van der Waals surface area contributed by atoms with E-state index in [2.05, 4.69) is 5.10 Å². The van der Waals surface area contributed by atoms with Crippen LogP contribution in [0, 0.1) is 24.0 Å². The Morgan fingerprint density at radius 3 is 2.75 bits per heavy atom. The monoisotopic (exact) mass is 331 g/mol. The molecule has 2 heterocycles. The first kappa shape index (κ1) is 16.0. The van der Waals surface area contributed by atoms with Gasteiger partial charge in [0.25, 0.3) is 0 Å². The number of carbonyl (C=O) groups is 1. The average Bonchev–Trinajstić information content (AvgIpc) is 3.11. The maximum absolute atomic E-state index is 12.5. The molecular formula is C16H17N3O5. The van der Waals surface area contributed by atoms with Crippen LogP contribution in [0.3, 0.4) is 0 Å². The van der Waals surface area contributed by atoms with Gasteiger partial charge in [0.1, 0.15) is 0 Å². The molecule has 126 valence electrons. The van der Waals surface area contributed by atoms with E-state index in [0.29, 0.717) is 22.8 Å². The van der Waals surface area contributed by atoms with Crippen molar-refractivity contribution in [2.24, 2.45) is 0 Å². The Morgan fingerprint density at radius 2 is 2.08 bits per heavy atom. The van der Waals surface area contributed by atoms with Crippen LogP contribution in [-0.2, 0) is 0 Å². The van der Waals surface area contributed by atoms with E-state index in [0.717, 1.165) is 5.69 Å². The van der Waals surface area contributed by atoms with Gasteiger partial charge in [-0.05, 0) is 37.6 Å². The van der Waals surface area contributed by atoms with Crippen molar-refractivity contribution in [3.8, 4) is 11.5 Å². The summed E-state index contributed by atoms with van der Waals surface area (Å²) in [6.45, 7) is 3.36. The van der Waals surface area contributed by atoms with Crippen LogP contribution in [0.2, 0.25) is 0 Å². The van der Waals surface area contributed by atoms with E-state index in [1.54, 1.807) is 38.1 Å². The number of nitro groups is 1. The molecule has 8 heteroatoms. The van der Waals surface area contributed by atoms with Crippen molar-refractivity contribution in [3.63, 3.8) is 0 Å². The van der Waals surface area contributed by atoms with Gasteiger partial charge in [-0.3, -0.25) is 14.9 Å². The molecule has 0 saturated carbocycles. The zero-order valence-electron chi connectivity index (χ0n) is 13.4. The lowest BCUT2D eigenvalue weighted by Gasteiger charge is -2.13. The summed E-state index contributed by atoms with van der Waals surface area (Å²) in [6, 6.07) is 6.93. The third kappa shape index (κ3) is 3.22. The van der Waals surface area contributed by atoms with Gasteiger partial charge in [0.2, 0.25) is 19.2 Å². The SMILES string of the molecule is Cc1cc(C)n(C(=O)CC(C[N+](=O)[O-])c2ccc3c(c2)OCO3)n1. The number of aromatic nitrogens is 2. The number of benzene rings is 1. The molecule has 8 nitrogen and oxygen atoms in total. The summed E-state index contributed by atoms with van der Waals surface area (Å²) in [5, 5.41) is 15.2. The minimum atomic E-state index is -0.564. The van der Waals surface area contributed by atoms with E-state index in [1.807, 2.05) is 0 Å². The fraction of sp³-hybridized carbons (Fsp3) is 0.375. The van der Waals surface area contributed by atoms with Gasteiger partial charge in [-0.2, -0.15) is 5.10 Å². The number of carbonyl (C=O) groups excluding carboxylic acids is 1. The average molecular weight is 331 g/mol. The Balaban J connectivity index is 1.85. The maximum atomic E-state index is 12.5. The van der Waals surface area contributed by atoms with Crippen LogP contribution >= 0.6 is 0 Å². The summed E-state index contributed by atoms with van der Waals surface area (Å²) in [7, 11) is 0. The zero-order valence-corrected chi connectivity index (χ0v) is 13.4. The number of fused-ring (bicyclic) bond motifs is 1. The molecule has 1 unspecified atom stereocenters. The predicted octanol–water partition coefficient (Wildman–Crippen LogP) is 2.32. The summed E-state index contributed by atoms with van der Waals surface area (Å²) < 4.78 is 11.9. The largest absolute Gasteiger partial charge is 0.454 e. The first-order chi connectivity index (χ1) is 11.4. The molecule has 0 bridgehead atoms. The van der Waals surface area contributed by atoms with Crippen molar-refractivity contribution < 1.29 is 19.2 Å². The molecule has 0 spiro atoms. The first-order valence-electron chi connectivity index (χ1n) is 7.52. The second-order valence-electron chi connectivity index (χ2n) is 5.76. The van der Waals surface area contributed by atoms with Crippen molar-refractivity contribution in [2.75, 3.05) is 13.3 Å². The molecule has 0 amide bonds. The van der Waals surface area contributed by atoms with E-state index in [9.17, 15) is 14.9 Å². The highest BCUT2D eigenvalue weighted by Crippen LogP contribution is 2.35. The second-order valence-corrected chi connectivity index (χ2v) is 5.76. The number of hydrogen-bond donors (Lipinski definition) is 0. The minimum Gasteiger partial charge on any atom is -0.454 e. The lowest BCUT2D eigenvalue weighted by atomic mass is 9.95. The van der Waals surface area contributed by atoms with Crippen molar-refractivity contribution in [2.45, 2.75) is 26.2 Å². The Bertz CT molecular complexity index is 799. The molecule has 0 saturated heterocycles. The maximum Gasteiger partial charge on any atom is 0.247 e. The van der Waals surface area contributed by atoms with Gasteiger partial charge >= 0.3 is 0 Å². The van der Waals surface area contributed by atoms with E-state index in [1.165, 1.54) is 4.68 Å². The first-order valence-corrected chi connectivity index (χ1v) is 7.52. The molecule has 3 rings (SSSR count). The quantitative estimate of drug-likeness (QED) is 0.616. The molecule has 24 heavy (non-hydrogen) atoms. The van der Waals surface area contributed by atoms with Gasteiger partial charge < -0.3 is 9.47 Å². The predicted molar refractivity (Wildman–Crippen MR) is 84.1 cm³/mol. The van der Waals surface area contributed by atoms with Crippen LogP contribution in [0.25, 0.3) is 0 Å². The zero-order chi connectivity index (χ0) is 17.3. The third-order valence-corrected chi connectivity index (χ3v) is 3.90. The lowest BCUT2D eigenvalue weighted by molar-refractivity contribution is -0.483. The van der Waals surface area contributed by atoms with Crippen LogP contribution in [0.1, 0.15) is 34.1 Å².